The van der Waals surface area contributed by atoms with E-state index in [1.54, 1.807) is 6.08 Å². The Bertz CT molecular complexity index is 1020. The smallest absolute Gasteiger partial charge is 0.305 e. The highest BCUT2D eigenvalue weighted by molar-refractivity contribution is 5.76. The molecule has 0 aliphatic heterocycles. The van der Waals surface area contributed by atoms with Crippen molar-refractivity contribution in [3.63, 3.8) is 0 Å². The van der Waals surface area contributed by atoms with Crippen LogP contribution in [-0.4, -0.2) is 47.4 Å². The molecular formula is C57H107NO5. The summed E-state index contributed by atoms with van der Waals surface area (Å²) < 4.78 is 5.47. The van der Waals surface area contributed by atoms with Crippen molar-refractivity contribution >= 4 is 11.9 Å². The van der Waals surface area contributed by atoms with Crippen molar-refractivity contribution in [3.05, 3.63) is 36.5 Å². The van der Waals surface area contributed by atoms with Crippen LogP contribution in [0.5, 0.6) is 0 Å². The third-order valence-corrected chi connectivity index (χ3v) is 12.7. The van der Waals surface area contributed by atoms with Gasteiger partial charge in [-0.2, -0.15) is 0 Å². The molecule has 0 aliphatic carbocycles. The second-order valence-corrected chi connectivity index (χ2v) is 18.9. The van der Waals surface area contributed by atoms with Gasteiger partial charge < -0.3 is 20.3 Å². The minimum atomic E-state index is -0.858. The van der Waals surface area contributed by atoms with E-state index >= 15 is 0 Å². The van der Waals surface area contributed by atoms with Gasteiger partial charge in [-0.25, -0.2) is 0 Å². The number of hydrogen-bond acceptors (Lipinski definition) is 5. The third-order valence-electron chi connectivity index (χ3n) is 12.7. The Labute approximate surface area is 392 Å². The molecule has 0 aromatic carbocycles. The zero-order valence-electron chi connectivity index (χ0n) is 42.1. The summed E-state index contributed by atoms with van der Waals surface area (Å²) in [5, 5.41) is 23.1. The maximum absolute atomic E-state index is 12.5. The van der Waals surface area contributed by atoms with Crippen LogP contribution < -0.4 is 5.32 Å². The molecule has 0 fully saturated rings. The summed E-state index contributed by atoms with van der Waals surface area (Å²) >= 11 is 0. The molecule has 6 nitrogen and oxygen atoms in total. The van der Waals surface area contributed by atoms with Crippen LogP contribution in [0.2, 0.25) is 0 Å². The van der Waals surface area contributed by atoms with Crippen molar-refractivity contribution in [3.8, 4) is 0 Å². The molecule has 63 heavy (non-hydrogen) atoms. The quantitative estimate of drug-likeness (QED) is 0.0321. The lowest BCUT2D eigenvalue weighted by Crippen LogP contribution is -2.45. The van der Waals surface area contributed by atoms with E-state index in [-0.39, 0.29) is 18.5 Å². The molecule has 0 saturated carbocycles. The highest BCUT2D eigenvalue weighted by atomic mass is 16.5. The molecule has 370 valence electrons. The lowest BCUT2D eigenvalue weighted by molar-refractivity contribution is -0.143. The number of amides is 1. The number of aliphatic hydroxyl groups excluding tert-OH is 2. The number of esters is 1. The first kappa shape index (κ1) is 61.1. The third kappa shape index (κ3) is 49.4. The van der Waals surface area contributed by atoms with Gasteiger partial charge in [0.1, 0.15) is 0 Å². The predicted molar refractivity (Wildman–Crippen MR) is 273 cm³/mol. The van der Waals surface area contributed by atoms with Gasteiger partial charge in [0.25, 0.3) is 0 Å². The number of unbranched alkanes of at least 4 members (excludes halogenated alkanes) is 36. The van der Waals surface area contributed by atoms with Gasteiger partial charge in [-0.05, 0) is 64.2 Å². The second kappa shape index (κ2) is 52.7. The monoisotopic (exact) mass is 886 g/mol. The summed E-state index contributed by atoms with van der Waals surface area (Å²) in [6, 6.07) is -0.643. The fourth-order valence-electron chi connectivity index (χ4n) is 8.37. The molecule has 3 N–H and O–H groups in total. The van der Waals surface area contributed by atoms with Crippen molar-refractivity contribution in [1.82, 2.24) is 5.32 Å². The molecule has 0 aliphatic rings. The lowest BCUT2D eigenvalue weighted by atomic mass is 10.0. The van der Waals surface area contributed by atoms with E-state index in [1.165, 1.54) is 199 Å². The maximum Gasteiger partial charge on any atom is 0.305 e. The van der Waals surface area contributed by atoms with Crippen LogP contribution >= 0.6 is 0 Å². The van der Waals surface area contributed by atoms with Crippen LogP contribution in [0, 0.1) is 0 Å². The summed E-state index contributed by atoms with van der Waals surface area (Å²) in [6.45, 7) is 4.85. The Hall–Kier alpha value is -1.92. The Kier molecular flexibility index (Phi) is 51.1. The van der Waals surface area contributed by atoms with E-state index in [9.17, 15) is 19.8 Å². The topological polar surface area (TPSA) is 95.9 Å². The minimum absolute atomic E-state index is 0.0228. The molecule has 0 aromatic heterocycles. The number of carbonyl (C=O) groups is 2. The minimum Gasteiger partial charge on any atom is -0.466 e. The fourth-order valence-corrected chi connectivity index (χ4v) is 8.37. The zero-order chi connectivity index (χ0) is 45.8. The van der Waals surface area contributed by atoms with Crippen LogP contribution in [0.4, 0.5) is 0 Å². The number of ether oxygens (including phenoxy) is 1. The van der Waals surface area contributed by atoms with Gasteiger partial charge in [0.15, 0.2) is 0 Å². The highest BCUT2D eigenvalue weighted by Gasteiger charge is 2.18. The standard InChI is InChI=1S/C57H107NO5/c1-3-5-7-9-11-13-15-17-19-21-23-25-27-31-35-39-43-47-51-57(62)63-52-48-44-40-36-32-28-30-34-38-42-46-50-56(61)58-54(53-59)55(60)49-45-41-37-33-29-26-24-22-20-18-16-14-12-10-8-6-4-2/h13,15,19,21,45,49,54-55,59-60H,3-12,14,16-18,20,22-44,46-48,50-53H2,1-2H3,(H,58,61)/b15-13-,21-19-,49-45+. The summed E-state index contributed by atoms with van der Waals surface area (Å²) in [4.78, 5) is 24.5. The van der Waals surface area contributed by atoms with Gasteiger partial charge in [-0.3, -0.25) is 9.59 Å². The molecule has 0 bridgehead atoms. The number of aliphatic hydroxyl groups is 2. The van der Waals surface area contributed by atoms with Gasteiger partial charge >= 0.3 is 5.97 Å². The van der Waals surface area contributed by atoms with Gasteiger partial charge in [-0.1, -0.05) is 249 Å². The molecule has 0 saturated heterocycles. The first-order chi connectivity index (χ1) is 31.0. The van der Waals surface area contributed by atoms with Crippen LogP contribution in [0.15, 0.2) is 36.5 Å². The van der Waals surface area contributed by atoms with Crippen molar-refractivity contribution in [2.24, 2.45) is 0 Å². The van der Waals surface area contributed by atoms with Gasteiger partial charge in [0, 0.05) is 12.8 Å². The van der Waals surface area contributed by atoms with Crippen LogP contribution in [0.1, 0.15) is 290 Å². The van der Waals surface area contributed by atoms with E-state index in [0.29, 0.717) is 19.4 Å². The summed E-state index contributed by atoms with van der Waals surface area (Å²) in [5.41, 5.74) is 0. The van der Waals surface area contributed by atoms with E-state index < -0.39 is 12.1 Å². The summed E-state index contributed by atoms with van der Waals surface area (Å²) in [5.74, 6) is -0.109. The van der Waals surface area contributed by atoms with Gasteiger partial charge in [0.05, 0.1) is 25.4 Å². The Morgan fingerprint density at radius 2 is 0.794 bits per heavy atom. The van der Waals surface area contributed by atoms with Crippen molar-refractivity contribution < 1.29 is 24.5 Å². The average molecular weight is 886 g/mol. The molecule has 6 heteroatoms. The van der Waals surface area contributed by atoms with Gasteiger partial charge in [-0.15, -0.1) is 0 Å². The number of allylic oxidation sites excluding steroid dienone is 5. The van der Waals surface area contributed by atoms with Crippen molar-refractivity contribution in [1.29, 1.82) is 0 Å². The Morgan fingerprint density at radius 1 is 0.444 bits per heavy atom. The van der Waals surface area contributed by atoms with Crippen LogP contribution in [0.25, 0.3) is 0 Å². The highest BCUT2D eigenvalue weighted by Crippen LogP contribution is 2.16. The van der Waals surface area contributed by atoms with Crippen LogP contribution in [0.3, 0.4) is 0 Å². The van der Waals surface area contributed by atoms with Gasteiger partial charge in [0.2, 0.25) is 5.91 Å². The average Bonchev–Trinajstić information content (AvgIpc) is 3.28. The molecule has 0 rings (SSSR count). The molecule has 0 radical (unpaired) electrons. The molecule has 2 atom stereocenters. The predicted octanol–water partition coefficient (Wildman–Crippen LogP) is 16.9. The normalized spacial score (nSPS) is 12.9. The van der Waals surface area contributed by atoms with E-state index in [2.05, 4.69) is 43.5 Å². The SMILES string of the molecule is CCCCCC/C=C\C/C=C\CCCCCCCCCC(=O)OCCCCCCCCCCCCCC(=O)NC(CO)C(O)/C=C/CCCCCCCCCCCCCCCCC. The van der Waals surface area contributed by atoms with E-state index in [0.717, 1.165) is 64.2 Å². The largest absolute Gasteiger partial charge is 0.466 e. The molecule has 0 heterocycles. The maximum atomic E-state index is 12.5. The summed E-state index contributed by atoms with van der Waals surface area (Å²) in [7, 11) is 0. The second-order valence-electron chi connectivity index (χ2n) is 18.9. The van der Waals surface area contributed by atoms with E-state index in [4.69, 9.17) is 4.74 Å². The summed E-state index contributed by atoms with van der Waals surface area (Å²) in [6.07, 6.45) is 64.3. The number of hydrogen-bond donors (Lipinski definition) is 3. The number of nitrogens with one attached hydrogen (secondary N) is 1. The Balaban J connectivity index is 3.50. The Morgan fingerprint density at radius 3 is 1.22 bits per heavy atom. The first-order valence-corrected chi connectivity index (χ1v) is 27.8. The molecule has 0 aromatic rings. The van der Waals surface area contributed by atoms with Crippen molar-refractivity contribution in [2.45, 2.75) is 302 Å². The lowest BCUT2D eigenvalue weighted by Gasteiger charge is -2.20. The number of carbonyl (C=O) groups excluding carboxylic acids is 2. The first-order valence-electron chi connectivity index (χ1n) is 27.8. The molecule has 2 unspecified atom stereocenters. The van der Waals surface area contributed by atoms with Crippen LogP contribution in [-0.2, 0) is 14.3 Å². The zero-order valence-corrected chi connectivity index (χ0v) is 42.1. The molecule has 0 spiro atoms. The van der Waals surface area contributed by atoms with Crippen molar-refractivity contribution in [2.75, 3.05) is 13.2 Å². The molecular weight excluding hydrogens is 779 g/mol. The number of rotatable bonds is 51. The van der Waals surface area contributed by atoms with E-state index in [1.807, 2.05) is 6.08 Å². The molecule has 1 amide bonds. The fraction of sp³-hybridized carbons (Fsp3) is 0.860.